The number of nitrogens with zero attached hydrogens (tertiary/aromatic N) is 2. The predicted molar refractivity (Wildman–Crippen MR) is 66.7 cm³/mol. The van der Waals surface area contributed by atoms with E-state index in [4.69, 9.17) is 7.80 Å². The molecule has 4 nitrogen and oxygen atoms in total. The topological polar surface area (TPSA) is 34.6 Å². The fraction of sp³-hybridized carbons (Fsp3) is 0.500. The van der Waals surface area contributed by atoms with Crippen LogP contribution in [0.4, 0.5) is 5.69 Å². The highest BCUT2D eigenvalue weighted by atomic mass is 127. The Balaban J connectivity index is 2.27. The van der Waals surface area contributed by atoms with Crippen LogP contribution < -0.4 is 7.97 Å². The van der Waals surface area contributed by atoms with Gasteiger partial charge < -0.3 is 12.7 Å². The summed E-state index contributed by atoms with van der Waals surface area (Å²) in [6, 6.07) is 2.10. The first-order valence-corrected chi connectivity index (χ1v) is 5.77. The zero-order valence-electron chi connectivity index (χ0n) is 8.57. The van der Waals surface area contributed by atoms with Crippen LogP contribution in [0.15, 0.2) is 12.3 Å². The standard InChI is InChI=1S/C10H13IN2O2/c1-8-6-9(10(15-11)12-7-8)13-2-4-14-5-3-13/h6-7H,2-5H2,1H3. The molecule has 1 aromatic heterocycles. The van der Waals surface area contributed by atoms with Crippen LogP contribution in [-0.4, -0.2) is 31.3 Å². The quantitative estimate of drug-likeness (QED) is 0.780. The summed E-state index contributed by atoms with van der Waals surface area (Å²) in [7, 11) is 0. The third-order valence-electron chi connectivity index (χ3n) is 2.39. The highest BCUT2D eigenvalue weighted by Crippen LogP contribution is 2.28. The minimum atomic E-state index is 0.683. The summed E-state index contributed by atoms with van der Waals surface area (Å²) in [5.74, 6) is 0.683. The van der Waals surface area contributed by atoms with Gasteiger partial charge in [-0.2, -0.15) is 0 Å². The molecule has 15 heavy (non-hydrogen) atoms. The molecule has 0 N–H and O–H groups in total. The summed E-state index contributed by atoms with van der Waals surface area (Å²) in [5.41, 5.74) is 2.21. The molecule has 0 spiro atoms. The third kappa shape index (κ3) is 2.52. The normalized spacial score (nSPS) is 16.5. The maximum atomic E-state index is 5.32. The second-order valence-corrected chi connectivity index (χ2v) is 3.95. The molecule has 1 aliphatic heterocycles. The monoisotopic (exact) mass is 320 g/mol. The molecular formula is C10H13IN2O2. The lowest BCUT2D eigenvalue weighted by atomic mass is 10.2. The molecule has 1 aromatic rings. The number of ether oxygens (including phenoxy) is 1. The number of aryl methyl sites for hydroxylation is 1. The van der Waals surface area contributed by atoms with Gasteiger partial charge in [0.25, 0.3) is 0 Å². The number of anilines is 1. The minimum Gasteiger partial charge on any atom is -0.406 e. The van der Waals surface area contributed by atoms with Gasteiger partial charge in [-0.25, -0.2) is 4.98 Å². The van der Waals surface area contributed by atoms with Gasteiger partial charge in [-0.3, -0.25) is 0 Å². The highest BCUT2D eigenvalue weighted by molar-refractivity contribution is 14.1. The van der Waals surface area contributed by atoms with E-state index in [2.05, 4.69) is 16.0 Å². The number of morpholine rings is 1. The lowest BCUT2D eigenvalue weighted by molar-refractivity contribution is 0.122. The molecule has 1 saturated heterocycles. The van der Waals surface area contributed by atoms with Crippen molar-refractivity contribution in [3.8, 4) is 5.88 Å². The minimum absolute atomic E-state index is 0.683. The molecule has 0 saturated carbocycles. The number of rotatable bonds is 2. The summed E-state index contributed by atoms with van der Waals surface area (Å²) in [4.78, 5) is 6.51. The molecule has 0 amide bonds. The van der Waals surface area contributed by atoms with Crippen molar-refractivity contribution in [2.24, 2.45) is 0 Å². The molecule has 1 aliphatic rings. The van der Waals surface area contributed by atoms with Crippen molar-refractivity contribution in [3.05, 3.63) is 17.8 Å². The van der Waals surface area contributed by atoms with Crippen LogP contribution in [-0.2, 0) is 4.74 Å². The summed E-state index contributed by atoms with van der Waals surface area (Å²) < 4.78 is 10.6. The van der Waals surface area contributed by atoms with Crippen LogP contribution >= 0.6 is 23.0 Å². The zero-order valence-corrected chi connectivity index (χ0v) is 10.7. The van der Waals surface area contributed by atoms with Crippen molar-refractivity contribution < 1.29 is 7.80 Å². The van der Waals surface area contributed by atoms with E-state index < -0.39 is 0 Å². The van der Waals surface area contributed by atoms with Crippen LogP contribution in [0.25, 0.3) is 0 Å². The van der Waals surface area contributed by atoms with E-state index in [1.807, 2.05) is 36.1 Å². The molecule has 1 fully saturated rings. The van der Waals surface area contributed by atoms with Crippen LogP contribution in [0.5, 0.6) is 5.88 Å². The van der Waals surface area contributed by atoms with Crippen LogP contribution in [0.2, 0.25) is 0 Å². The molecule has 0 radical (unpaired) electrons. The maximum absolute atomic E-state index is 5.32. The summed E-state index contributed by atoms with van der Waals surface area (Å²) in [6.45, 7) is 5.38. The average Bonchev–Trinajstić information content (AvgIpc) is 2.30. The van der Waals surface area contributed by atoms with E-state index in [1.165, 1.54) is 0 Å². The van der Waals surface area contributed by atoms with Crippen molar-refractivity contribution in [2.75, 3.05) is 31.2 Å². The Hall–Kier alpha value is -0.560. The SMILES string of the molecule is Cc1cnc(OI)c(N2CCOCC2)c1. The van der Waals surface area contributed by atoms with Gasteiger partial charge in [0.05, 0.1) is 13.2 Å². The number of aromatic nitrogens is 1. The Morgan fingerprint density at radius 2 is 2.20 bits per heavy atom. The van der Waals surface area contributed by atoms with Gasteiger partial charge in [0.15, 0.2) is 23.0 Å². The van der Waals surface area contributed by atoms with Crippen molar-refractivity contribution in [1.82, 2.24) is 4.98 Å². The van der Waals surface area contributed by atoms with Crippen LogP contribution in [0, 0.1) is 6.92 Å². The van der Waals surface area contributed by atoms with E-state index in [0.717, 1.165) is 37.6 Å². The van der Waals surface area contributed by atoms with E-state index in [1.54, 1.807) is 0 Å². The predicted octanol–water partition coefficient (Wildman–Crippen LogP) is 1.96. The van der Waals surface area contributed by atoms with Crippen molar-refractivity contribution in [1.29, 1.82) is 0 Å². The lowest BCUT2D eigenvalue weighted by Gasteiger charge is -2.29. The average molecular weight is 320 g/mol. The van der Waals surface area contributed by atoms with Gasteiger partial charge in [-0.15, -0.1) is 0 Å². The molecule has 0 aliphatic carbocycles. The fourth-order valence-electron chi connectivity index (χ4n) is 1.63. The molecule has 82 valence electrons. The van der Waals surface area contributed by atoms with Crippen LogP contribution in [0.1, 0.15) is 5.56 Å². The maximum Gasteiger partial charge on any atom is 0.248 e. The Morgan fingerprint density at radius 1 is 1.47 bits per heavy atom. The Labute approximate surface area is 103 Å². The van der Waals surface area contributed by atoms with Gasteiger partial charge in [0.2, 0.25) is 5.88 Å². The Bertz CT molecular complexity index is 340. The molecule has 0 aromatic carbocycles. The van der Waals surface area contributed by atoms with E-state index in [-0.39, 0.29) is 0 Å². The van der Waals surface area contributed by atoms with Crippen LogP contribution in [0.3, 0.4) is 0 Å². The first-order valence-electron chi connectivity index (χ1n) is 4.89. The molecule has 0 bridgehead atoms. The summed E-state index contributed by atoms with van der Waals surface area (Å²) in [5, 5.41) is 0. The van der Waals surface area contributed by atoms with Gasteiger partial charge in [-0.05, 0) is 18.6 Å². The first kappa shape index (κ1) is 10.9. The van der Waals surface area contributed by atoms with Crippen molar-refractivity contribution in [3.63, 3.8) is 0 Å². The van der Waals surface area contributed by atoms with Crippen molar-refractivity contribution >= 4 is 28.7 Å². The molecule has 0 unspecified atom stereocenters. The summed E-state index contributed by atoms with van der Waals surface area (Å²) in [6.07, 6.45) is 1.82. The molecule has 2 rings (SSSR count). The highest BCUT2D eigenvalue weighted by Gasteiger charge is 2.16. The van der Waals surface area contributed by atoms with E-state index in [0.29, 0.717) is 5.88 Å². The van der Waals surface area contributed by atoms with Gasteiger partial charge >= 0.3 is 0 Å². The molecule has 2 heterocycles. The number of hydrogen-bond donors (Lipinski definition) is 0. The number of pyridine rings is 1. The molecule has 0 atom stereocenters. The van der Waals surface area contributed by atoms with Gasteiger partial charge in [0, 0.05) is 19.3 Å². The Kier molecular flexibility index (Phi) is 3.63. The first-order chi connectivity index (χ1) is 7.31. The van der Waals surface area contributed by atoms with Crippen molar-refractivity contribution in [2.45, 2.75) is 6.92 Å². The third-order valence-corrected chi connectivity index (χ3v) is 2.81. The fourth-order valence-corrected chi connectivity index (χ4v) is 1.97. The smallest absolute Gasteiger partial charge is 0.248 e. The Morgan fingerprint density at radius 3 is 2.87 bits per heavy atom. The largest absolute Gasteiger partial charge is 0.406 e. The van der Waals surface area contributed by atoms with Gasteiger partial charge in [0.1, 0.15) is 5.69 Å². The lowest BCUT2D eigenvalue weighted by Crippen LogP contribution is -2.36. The summed E-state index contributed by atoms with van der Waals surface area (Å²) >= 11 is 1.87. The zero-order chi connectivity index (χ0) is 10.7. The van der Waals surface area contributed by atoms with E-state index in [9.17, 15) is 0 Å². The molecular weight excluding hydrogens is 307 g/mol. The van der Waals surface area contributed by atoms with Gasteiger partial charge in [-0.1, -0.05) is 0 Å². The number of halogens is 1. The second-order valence-electron chi connectivity index (χ2n) is 3.51. The second kappa shape index (κ2) is 4.98. The molecule has 5 heteroatoms. The van der Waals surface area contributed by atoms with E-state index >= 15 is 0 Å². The number of hydrogen-bond acceptors (Lipinski definition) is 4.